The fourth-order valence-electron chi connectivity index (χ4n) is 1.33. The summed E-state index contributed by atoms with van der Waals surface area (Å²) in [6.45, 7) is 0. The predicted octanol–water partition coefficient (Wildman–Crippen LogP) is 4.18. The Labute approximate surface area is 107 Å². The molecule has 18 heavy (non-hydrogen) atoms. The van der Waals surface area contributed by atoms with Crippen molar-refractivity contribution in [1.29, 1.82) is 0 Å². The van der Waals surface area contributed by atoms with Crippen LogP contribution in [-0.2, 0) is 0 Å². The van der Waals surface area contributed by atoms with Gasteiger partial charge in [-0.25, -0.2) is 4.39 Å². The Morgan fingerprint density at radius 1 is 1.17 bits per heavy atom. The average molecular weight is 268 g/mol. The van der Waals surface area contributed by atoms with Crippen LogP contribution in [0.15, 0.2) is 42.5 Å². The molecule has 0 unspecified atom stereocenters. The second-order valence-electron chi connectivity index (χ2n) is 3.40. The van der Waals surface area contributed by atoms with Crippen LogP contribution < -0.4 is 4.74 Å². The van der Waals surface area contributed by atoms with E-state index < -0.39 is 10.7 Å². The molecule has 4 nitrogen and oxygen atoms in total. The largest absolute Gasteiger partial charge is 0.453 e. The maximum absolute atomic E-state index is 13.3. The smallest absolute Gasteiger partial charge is 0.271 e. The van der Waals surface area contributed by atoms with Crippen molar-refractivity contribution < 1.29 is 14.1 Å². The fraction of sp³-hybridized carbons (Fsp3) is 0. The highest BCUT2D eigenvalue weighted by Crippen LogP contribution is 2.33. The zero-order valence-electron chi connectivity index (χ0n) is 8.97. The third-order valence-corrected chi connectivity index (χ3v) is 2.48. The van der Waals surface area contributed by atoms with E-state index in [0.29, 0.717) is 0 Å². The molecule has 0 spiro atoms. The Morgan fingerprint density at radius 3 is 2.50 bits per heavy atom. The summed E-state index contributed by atoms with van der Waals surface area (Å²) in [7, 11) is 0. The lowest BCUT2D eigenvalue weighted by atomic mass is 10.3. The molecule has 0 amide bonds. The molecule has 6 heteroatoms. The summed E-state index contributed by atoms with van der Waals surface area (Å²) in [6, 6.07) is 9.53. The van der Waals surface area contributed by atoms with Gasteiger partial charge in [0, 0.05) is 12.1 Å². The zero-order chi connectivity index (χ0) is 13.1. The van der Waals surface area contributed by atoms with Gasteiger partial charge in [-0.1, -0.05) is 23.7 Å². The molecule has 0 aliphatic carbocycles. The van der Waals surface area contributed by atoms with Crippen LogP contribution in [0.1, 0.15) is 0 Å². The SMILES string of the molecule is O=[N+]([O-])c1ccc(Oc2ccccc2F)c(Cl)c1. The van der Waals surface area contributed by atoms with Crippen LogP contribution in [0.4, 0.5) is 10.1 Å². The molecule has 0 atom stereocenters. The lowest BCUT2D eigenvalue weighted by molar-refractivity contribution is -0.384. The van der Waals surface area contributed by atoms with Gasteiger partial charge in [-0.15, -0.1) is 0 Å². The molecule has 0 aliphatic heterocycles. The summed E-state index contributed by atoms with van der Waals surface area (Å²) in [6.07, 6.45) is 0. The van der Waals surface area contributed by atoms with Crippen LogP contribution >= 0.6 is 11.6 Å². The van der Waals surface area contributed by atoms with E-state index in [1.807, 2.05) is 0 Å². The van der Waals surface area contributed by atoms with E-state index in [1.165, 1.54) is 30.3 Å². The minimum absolute atomic E-state index is 0.00764. The maximum Gasteiger partial charge on any atom is 0.271 e. The van der Waals surface area contributed by atoms with Crippen molar-refractivity contribution in [3.8, 4) is 11.5 Å². The van der Waals surface area contributed by atoms with E-state index in [-0.39, 0.29) is 22.2 Å². The van der Waals surface area contributed by atoms with E-state index in [9.17, 15) is 14.5 Å². The Balaban J connectivity index is 2.30. The van der Waals surface area contributed by atoms with Gasteiger partial charge in [0.1, 0.15) is 5.75 Å². The van der Waals surface area contributed by atoms with Crippen molar-refractivity contribution >= 4 is 17.3 Å². The van der Waals surface area contributed by atoms with Gasteiger partial charge >= 0.3 is 0 Å². The predicted molar refractivity (Wildman–Crippen MR) is 64.6 cm³/mol. The van der Waals surface area contributed by atoms with E-state index in [0.717, 1.165) is 6.07 Å². The number of rotatable bonds is 3. The normalized spacial score (nSPS) is 10.1. The van der Waals surface area contributed by atoms with Crippen molar-refractivity contribution in [2.24, 2.45) is 0 Å². The summed E-state index contributed by atoms with van der Waals surface area (Å²) in [5.74, 6) is -0.368. The minimum Gasteiger partial charge on any atom is -0.453 e. The first-order valence-electron chi connectivity index (χ1n) is 4.94. The number of halogens is 2. The van der Waals surface area contributed by atoms with E-state index in [2.05, 4.69) is 0 Å². The molecule has 0 N–H and O–H groups in total. The first-order chi connectivity index (χ1) is 8.58. The molecular formula is C12H7ClFNO3. The molecule has 0 bridgehead atoms. The third-order valence-electron chi connectivity index (χ3n) is 2.18. The van der Waals surface area contributed by atoms with E-state index in [4.69, 9.17) is 16.3 Å². The summed E-state index contributed by atoms with van der Waals surface area (Å²) >= 11 is 5.82. The molecule has 0 radical (unpaired) electrons. The second kappa shape index (κ2) is 5.01. The Kier molecular flexibility index (Phi) is 3.43. The van der Waals surface area contributed by atoms with Gasteiger partial charge in [-0.05, 0) is 18.2 Å². The number of para-hydroxylation sites is 1. The molecule has 0 saturated heterocycles. The number of hydrogen-bond donors (Lipinski definition) is 0. The van der Waals surface area contributed by atoms with Crippen molar-refractivity contribution in [1.82, 2.24) is 0 Å². The van der Waals surface area contributed by atoms with Gasteiger partial charge in [0.25, 0.3) is 5.69 Å². The van der Waals surface area contributed by atoms with Crippen molar-refractivity contribution in [3.63, 3.8) is 0 Å². The van der Waals surface area contributed by atoms with E-state index >= 15 is 0 Å². The number of nitro groups is 1. The standard InChI is InChI=1S/C12H7ClFNO3/c13-9-7-8(15(16)17)5-6-11(9)18-12-4-2-1-3-10(12)14/h1-7H. The molecule has 0 aliphatic rings. The molecule has 2 aromatic rings. The van der Waals surface area contributed by atoms with Crippen molar-refractivity contribution in [3.05, 3.63) is 63.4 Å². The Hall–Kier alpha value is -2.14. The van der Waals surface area contributed by atoms with Gasteiger partial charge in [0.2, 0.25) is 0 Å². The number of benzene rings is 2. The highest BCUT2D eigenvalue weighted by atomic mass is 35.5. The van der Waals surface area contributed by atoms with E-state index in [1.54, 1.807) is 6.07 Å². The van der Waals surface area contributed by atoms with Gasteiger partial charge in [0.15, 0.2) is 11.6 Å². The topological polar surface area (TPSA) is 52.4 Å². The quantitative estimate of drug-likeness (QED) is 0.619. The molecular weight excluding hydrogens is 261 g/mol. The number of nitro benzene ring substituents is 1. The van der Waals surface area contributed by atoms with Crippen LogP contribution in [0.2, 0.25) is 5.02 Å². The van der Waals surface area contributed by atoms with Gasteiger partial charge in [-0.2, -0.15) is 0 Å². The minimum atomic E-state index is -0.571. The molecule has 0 fully saturated rings. The number of nitrogens with zero attached hydrogens (tertiary/aromatic N) is 1. The molecule has 2 aromatic carbocycles. The van der Waals surface area contributed by atoms with Gasteiger partial charge < -0.3 is 4.74 Å². The molecule has 0 heterocycles. The summed E-state index contributed by atoms with van der Waals surface area (Å²) < 4.78 is 18.6. The maximum atomic E-state index is 13.3. The van der Waals surface area contributed by atoms with Crippen molar-refractivity contribution in [2.45, 2.75) is 0 Å². The van der Waals surface area contributed by atoms with Crippen molar-refractivity contribution in [2.75, 3.05) is 0 Å². The third kappa shape index (κ3) is 2.57. The Morgan fingerprint density at radius 2 is 1.89 bits per heavy atom. The van der Waals surface area contributed by atoms with Crippen LogP contribution in [0, 0.1) is 15.9 Å². The summed E-state index contributed by atoms with van der Waals surface area (Å²) in [5.41, 5.74) is -0.152. The number of non-ortho nitro benzene ring substituents is 1. The lowest BCUT2D eigenvalue weighted by Gasteiger charge is -2.07. The monoisotopic (exact) mass is 267 g/mol. The second-order valence-corrected chi connectivity index (χ2v) is 3.81. The van der Waals surface area contributed by atoms with Crippen LogP contribution in [0.5, 0.6) is 11.5 Å². The summed E-state index contributed by atoms with van der Waals surface area (Å²) in [5, 5.41) is 10.6. The molecule has 2 rings (SSSR count). The average Bonchev–Trinajstić information content (AvgIpc) is 2.34. The number of hydrogen-bond acceptors (Lipinski definition) is 3. The zero-order valence-corrected chi connectivity index (χ0v) is 9.73. The van der Waals surface area contributed by atoms with Gasteiger partial charge in [-0.3, -0.25) is 10.1 Å². The van der Waals surface area contributed by atoms with Gasteiger partial charge in [0.05, 0.1) is 9.95 Å². The first-order valence-corrected chi connectivity index (χ1v) is 5.32. The Bertz CT molecular complexity index is 604. The lowest BCUT2D eigenvalue weighted by Crippen LogP contribution is -1.91. The highest BCUT2D eigenvalue weighted by Gasteiger charge is 2.12. The highest BCUT2D eigenvalue weighted by molar-refractivity contribution is 6.32. The fourth-order valence-corrected chi connectivity index (χ4v) is 1.55. The molecule has 0 aromatic heterocycles. The van der Waals surface area contributed by atoms with Crippen LogP contribution in [0.25, 0.3) is 0 Å². The first kappa shape index (κ1) is 12.3. The molecule has 0 saturated carbocycles. The van der Waals surface area contributed by atoms with Crippen LogP contribution in [0.3, 0.4) is 0 Å². The number of ether oxygens (including phenoxy) is 1. The molecule has 92 valence electrons. The summed E-state index contributed by atoms with van der Waals surface area (Å²) in [4.78, 5) is 9.95. The van der Waals surface area contributed by atoms with Crippen LogP contribution in [-0.4, -0.2) is 4.92 Å².